The minimum atomic E-state index is 0.299. The van der Waals surface area contributed by atoms with Gasteiger partial charge in [0.25, 0.3) is 0 Å². The molecule has 3 heteroatoms. The van der Waals surface area contributed by atoms with Crippen molar-refractivity contribution in [2.45, 2.75) is 27.7 Å². The van der Waals surface area contributed by atoms with Gasteiger partial charge in [0, 0.05) is 12.2 Å². The minimum Gasteiger partial charge on any atom is -0.399 e. The maximum absolute atomic E-state index is 6.08. The first kappa shape index (κ1) is 13.2. The van der Waals surface area contributed by atoms with Crippen LogP contribution in [0.2, 0.25) is 5.02 Å². The van der Waals surface area contributed by atoms with Gasteiger partial charge in [-0.25, -0.2) is 0 Å². The largest absolute Gasteiger partial charge is 0.399 e. The van der Waals surface area contributed by atoms with Crippen LogP contribution in [0.1, 0.15) is 27.7 Å². The van der Waals surface area contributed by atoms with E-state index in [2.05, 4.69) is 33.0 Å². The molecular weight excluding hydrogens is 220 g/mol. The molecule has 0 heterocycles. The monoisotopic (exact) mass is 240 g/mol. The first-order valence-electron chi connectivity index (χ1n) is 5.59. The molecule has 0 fully saturated rings. The molecule has 0 aliphatic carbocycles. The van der Waals surface area contributed by atoms with Crippen molar-refractivity contribution in [2.24, 2.45) is 11.3 Å². The van der Waals surface area contributed by atoms with Gasteiger partial charge in [-0.3, -0.25) is 0 Å². The summed E-state index contributed by atoms with van der Waals surface area (Å²) in [5, 5.41) is 4.04. The standard InChI is InChI=1S/C13H21ClN2/c1-9(13(2,3)4)8-16-12-6-5-10(15)7-11(12)14/h5-7,9,16H,8,15H2,1-4H3. The molecule has 0 amide bonds. The van der Waals surface area contributed by atoms with E-state index in [1.165, 1.54) is 0 Å². The number of rotatable bonds is 3. The molecule has 1 aromatic rings. The van der Waals surface area contributed by atoms with Gasteiger partial charge in [-0.15, -0.1) is 0 Å². The zero-order valence-electron chi connectivity index (χ0n) is 10.5. The predicted octanol–water partition coefficient (Wildman–Crippen LogP) is 4.02. The first-order valence-corrected chi connectivity index (χ1v) is 5.97. The molecule has 0 bridgehead atoms. The van der Waals surface area contributed by atoms with Crippen molar-refractivity contribution in [3.63, 3.8) is 0 Å². The van der Waals surface area contributed by atoms with Crippen molar-refractivity contribution in [3.8, 4) is 0 Å². The molecule has 1 unspecified atom stereocenters. The second kappa shape index (κ2) is 4.96. The van der Waals surface area contributed by atoms with E-state index >= 15 is 0 Å². The van der Waals surface area contributed by atoms with Crippen LogP contribution in [0.3, 0.4) is 0 Å². The van der Waals surface area contributed by atoms with E-state index in [1.54, 1.807) is 6.07 Å². The number of halogens is 1. The lowest BCUT2D eigenvalue weighted by Crippen LogP contribution is -2.24. The summed E-state index contributed by atoms with van der Waals surface area (Å²) in [4.78, 5) is 0. The number of hydrogen-bond donors (Lipinski definition) is 2. The molecule has 2 nitrogen and oxygen atoms in total. The van der Waals surface area contributed by atoms with Crippen molar-refractivity contribution in [3.05, 3.63) is 23.2 Å². The van der Waals surface area contributed by atoms with Crippen LogP contribution in [0.4, 0.5) is 11.4 Å². The van der Waals surface area contributed by atoms with E-state index in [1.807, 2.05) is 12.1 Å². The average Bonchev–Trinajstić information content (AvgIpc) is 2.14. The van der Waals surface area contributed by atoms with Gasteiger partial charge in [-0.05, 0) is 29.5 Å². The summed E-state index contributed by atoms with van der Waals surface area (Å²) in [6.45, 7) is 9.86. The van der Waals surface area contributed by atoms with E-state index in [9.17, 15) is 0 Å². The highest BCUT2D eigenvalue weighted by Gasteiger charge is 2.19. The SMILES string of the molecule is CC(CNc1ccc(N)cc1Cl)C(C)(C)C. The summed E-state index contributed by atoms with van der Waals surface area (Å²) in [7, 11) is 0. The maximum Gasteiger partial charge on any atom is 0.0657 e. The Morgan fingerprint density at radius 1 is 1.38 bits per heavy atom. The molecule has 90 valence electrons. The van der Waals surface area contributed by atoms with Crippen molar-refractivity contribution in [2.75, 3.05) is 17.6 Å². The molecular formula is C13H21ClN2. The highest BCUT2D eigenvalue weighted by atomic mass is 35.5. The van der Waals surface area contributed by atoms with Crippen LogP contribution in [0.5, 0.6) is 0 Å². The summed E-state index contributed by atoms with van der Waals surface area (Å²) in [5.41, 5.74) is 7.58. The number of hydrogen-bond acceptors (Lipinski definition) is 2. The number of anilines is 2. The number of nitrogen functional groups attached to an aromatic ring is 1. The van der Waals surface area contributed by atoms with Crippen molar-refractivity contribution in [1.29, 1.82) is 0 Å². The zero-order chi connectivity index (χ0) is 12.3. The van der Waals surface area contributed by atoms with Gasteiger partial charge in [0.15, 0.2) is 0 Å². The van der Waals surface area contributed by atoms with Crippen molar-refractivity contribution in [1.82, 2.24) is 0 Å². The summed E-state index contributed by atoms with van der Waals surface area (Å²) >= 11 is 6.08. The third-order valence-electron chi connectivity index (χ3n) is 3.07. The number of benzene rings is 1. The smallest absolute Gasteiger partial charge is 0.0657 e. The topological polar surface area (TPSA) is 38.0 Å². The van der Waals surface area contributed by atoms with Gasteiger partial charge in [0.1, 0.15) is 0 Å². The van der Waals surface area contributed by atoms with Crippen molar-refractivity contribution >= 4 is 23.0 Å². The summed E-state index contributed by atoms with van der Waals surface area (Å²) in [5.74, 6) is 0.570. The van der Waals surface area contributed by atoms with Crippen LogP contribution in [0.25, 0.3) is 0 Å². The normalized spacial score (nSPS) is 13.6. The molecule has 1 aromatic carbocycles. The Kier molecular flexibility index (Phi) is 4.09. The highest BCUT2D eigenvalue weighted by Crippen LogP contribution is 2.28. The van der Waals surface area contributed by atoms with E-state index in [-0.39, 0.29) is 0 Å². The molecule has 0 radical (unpaired) electrons. The molecule has 0 aliphatic heterocycles. The Hall–Kier alpha value is -0.890. The third kappa shape index (κ3) is 3.60. The first-order chi connectivity index (χ1) is 7.30. The maximum atomic E-state index is 6.08. The van der Waals surface area contributed by atoms with E-state index in [0.717, 1.165) is 12.2 Å². The Morgan fingerprint density at radius 2 is 2.00 bits per heavy atom. The molecule has 0 aromatic heterocycles. The molecule has 16 heavy (non-hydrogen) atoms. The van der Waals surface area contributed by atoms with Crippen LogP contribution in [0.15, 0.2) is 18.2 Å². The van der Waals surface area contributed by atoms with Gasteiger partial charge >= 0.3 is 0 Å². The lowest BCUT2D eigenvalue weighted by atomic mass is 9.82. The van der Waals surface area contributed by atoms with Gasteiger partial charge in [0.2, 0.25) is 0 Å². The quantitative estimate of drug-likeness (QED) is 0.784. The minimum absolute atomic E-state index is 0.299. The van der Waals surface area contributed by atoms with Crippen LogP contribution in [-0.4, -0.2) is 6.54 Å². The molecule has 3 N–H and O–H groups in total. The predicted molar refractivity (Wildman–Crippen MR) is 73.0 cm³/mol. The van der Waals surface area contributed by atoms with Gasteiger partial charge in [0.05, 0.1) is 10.7 Å². The fourth-order valence-electron chi connectivity index (χ4n) is 1.24. The van der Waals surface area contributed by atoms with Crippen LogP contribution < -0.4 is 11.1 Å². The lowest BCUT2D eigenvalue weighted by molar-refractivity contribution is 0.274. The van der Waals surface area contributed by atoms with Gasteiger partial charge < -0.3 is 11.1 Å². The molecule has 0 saturated carbocycles. The van der Waals surface area contributed by atoms with Crippen LogP contribution >= 0.6 is 11.6 Å². The summed E-state index contributed by atoms with van der Waals surface area (Å²) in [6.07, 6.45) is 0. The van der Waals surface area contributed by atoms with Crippen molar-refractivity contribution < 1.29 is 0 Å². The fourth-order valence-corrected chi connectivity index (χ4v) is 1.50. The molecule has 0 spiro atoms. The summed E-state index contributed by atoms with van der Waals surface area (Å²) in [6, 6.07) is 5.55. The zero-order valence-corrected chi connectivity index (χ0v) is 11.2. The lowest BCUT2D eigenvalue weighted by Gasteiger charge is -2.27. The van der Waals surface area contributed by atoms with E-state index < -0.39 is 0 Å². The van der Waals surface area contributed by atoms with E-state index in [0.29, 0.717) is 22.0 Å². The Morgan fingerprint density at radius 3 is 2.50 bits per heavy atom. The Balaban J connectivity index is 2.62. The Labute approximate surface area is 103 Å². The second-order valence-electron chi connectivity index (χ2n) is 5.39. The third-order valence-corrected chi connectivity index (χ3v) is 3.38. The van der Waals surface area contributed by atoms with E-state index in [4.69, 9.17) is 17.3 Å². The van der Waals surface area contributed by atoms with Gasteiger partial charge in [-0.2, -0.15) is 0 Å². The van der Waals surface area contributed by atoms with Crippen LogP contribution in [-0.2, 0) is 0 Å². The molecule has 1 rings (SSSR count). The number of nitrogens with two attached hydrogens (primary N) is 1. The average molecular weight is 241 g/mol. The molecule has 0 saturated heterocycles. The van der Waals surface area contributed by atoms with Gasteiger partial charge in [-0.1, -0.05) is 39.3 Å². The Bertz CT molecular complexity index is 355. The van der Waals surface area contributed by atoms with Crippen LogP contribution in [0, 0.1) is 11.3 Å². The molecule has 0 aliphatic rings. The highest BCUT2D eigenvalue weighted by molar-refractivity contribution is 6.33. The second-order valence-corrected chi connectivity index (χ2v) is 5.79. The molecule has 1 atom stereocenters. The fraction of sp³-hybridized carbons (Fsp3) is 0.538. The number of nitrogens with one attached hydrogen (secondary N) is 1. The summed E-state index contributed by atoms with van der Waals surface area (Å²) < 4.78 is 0.